The van der Waals surface area contributed by atoms with E-state index in [1.165, 1.54) is 11.8 Å². The van der Waals surface area contributed by atoms with E-state index in [2.05, 4.69) is 36.2 Å². The number of hydrogen-bond donors (Lipinski definition) is 3. The van der Waals surface area contributed by atoms with Crippen LogP contribution in [0.2, 0.25) is 0 Å². The van der Waals surface area contributed by atoms with E-state index in [0.717, 1.165) is 5.69 Å². The number of carbonyl (C=O) groups is 1. The van der Waals surface area contributed by atoms with Gasteiger partial charge < -0.3 is 20.7 Å². The molecule has 0 aliphatic carbocycles. The fourth-order valence-electron chi connectivity index (χ4n) is 2.31. The molecular weight excluding hydrogens is 348 g/mol. The molecule has 0 aromatic carbocycles. The van der Waals surface area contributed by atoms with Gasteiger partial charge in [0.1, 0.15) is 11.4 Å². The predicted molar refractivity (Wildman–Crippen MR) is 100 cm³/mol. The summed E-state index contributed by atoms with van der Waals surface area (Å²) in [4.78, 5) is 16.1. The molecule has 0 saturated carbocycles. The third-order valence-electron chi connectivity index (χ3n) is 3.57. The Morgan fingerprint density at radius 1 is 1.11 bits per heavy atom. The maximum atomic E-state index is 12.2. The second kappa shape index (κ2) is 8.61. The number of anilines is 3. The fourth-order valence-corrected chi connectivity index (χ4v) is 2.31. The largest absolute Gasteiger partial charge is 0.479 e. The number of rotatable bonds is 8. The van der Waals surface area contributed by atoms with Crippen LogP contribution in [0, 0.1) is 0 Å². The van der Waals surface area contributed by atoms with E-state index < -0.39 is 0 Å². The van der Waals surface area contributed by atoms with Crippen molar-refractivity contribution in [3.63, 3.8) is 0 Å². The summed E-state index contributed by atoms with van der Waals surface area (Å²) in [6, 6.07) is 7.30. The zero-order chi connectivity index (χ0) is 19.1. The SMILES string of the molecule is COc1nn(C)cc1C(=O)NCCNc1ccc(Nc2ccncc2)nn1. The van der Waals surface area contributed by atoms with E-state index in [9.17, 15) is 4.79 Å². The van der Waals surface area contributed by atoms with Crippen LogP contribution in [0.15, 0.2) is 42.9 Å². The quantitative estimate of drug-likeness (QED) is 0.508. The number of ether oxygens (including phenoxy) is 1. The Bertz CT molecular complexity index is 880. The molecule has 3 heterocycles. The zero-order valence-electron chi connectivity index (χ0n) is 15.0. The van der Waals surface area contributed by atoms with Gasteiger partial charge in [-0.15, -0.1) is 15.3 Å². The molecule has 0 radical (unpaired) electrons. The Hall–Kier alpha value is -3.69. The molecule has 0 unspecified atom stereocenters. The molecule has 3 rings (SSSR count). The first-order valence-electron chi connectivity index (χ1n) is 8.26. The van der Waals surface area contributed by atoms with Gasteiger partial charge in [-0.05, 0) is 24.3 Å². The molecule has 3 aromatic heterocycles. The second-order valence-electron chi connectivity index (χ2n) is 5.57. The first-order valence-corrected chi connectivity index (χ1v) is 8.26. The van der Waals surface area contributed by atoms with Crippen molar-refractivity contribution in [2.45, 2.75) is 0 Å². The van der Waals surface area contributed by atoms with Gasteiger partial charge in [-0.3, -0.25) is 14.5 Å². The van der Waals surface area contributed by atoms with Crippen molar-refractivity contribution < 1.29 is 9.53 Å². The van der Waals surface area contributed by atoms with Gasteiger partial charge in [0.05, 0.1) is 7.11 Å². The summed E-state index contributed by atoms with van der Waals surface area (Å²) in [6.45, 7) is 0.912. The van der Waals surface area contributed by atoms with Gasteiger partial charge in [-0.2, -0.15) is 0 Å². The van der Waals surface area contributed by atoms with Gasteiger partial charge in [0.25, 0.3) is 5.91 Å². The van der Waals surface area contributed by atoms with E-state index in [1.807, 2.05) is 24.3 Å². The van der Waals surface area contributed by atoms with E-state index in [1.54, 1.807) is 25.6 Å². The molecule has 0 aliphatic heterocycles. The van der Waals surface area contributed by atoms with E-state index in [4.69, 9.17) is 4.74 Å². The summed E-state index contributed by atoms with van der Waals surface area (Å²) in [5.74, 6) is 1.29. The average molecular weight is 368 g/mol. The maximum Gasteiger partial charge on any atom is 0.258 e. The van der Waals surface area contributed by atoms with Crippen LogP contribution in [0.4, 0.5) is 17.3 Å². The Morgan fingerprint density at radius 3 is 2.56 bits per heavy atom. The smallest absolute Gasteiger partial charge is 0.258 e. The van der Waals surface area contributed by atoms with Gasteiger partial charge >= 0.3 is 0 Å². The van der Waals surface area contributed by atoms with Crippen molar-refractivity contribution in [2.24, 2.45) is 7.05 Å². The Morgan fingerprint density at radius 2 is 1.85 bits per heavy atom. The number of methoxy groups -OCH3 is 1. The molecule has 3 aromatic rings. The highest BCUT2D eigenvalue weighted by molar-refractivity contribution is 5.96. The molecule has 1 amide bonds. The van der Waals surface area contributed by atoms with Crippen molar-refractivity contribution in [3.8, 4) is 5.88 Å². The third-order valence-corrected chi connectivity index (χ3v) is 3.57. The summed E-state index contributed by atoms with van der Waals surface area (Å²) in [6.07, 6.45) is 5.00. The molecule has 3 N–H and O–H groups in total. The van der Waals surface area contributed by atoms with Crippen molar-refractivity contribution >= 4 is 23.2 Å². The Balaban J connectivity index is 1.44. The third kappa shape index (κ3) is 4.91. The van der Waals surface area contributed by atoms with Gasteiger partial charge in [0.15, 0.2) is 5.82 Å². The molecule has 0 bridgehead atoms. The van der Waals surface area contributed by atoms with Crippen LogP contribution in [-0.4, -0.2) is 51.1 Å². The number of aromatic nitrogens is 5. The number of nitrogens with zero attached hydrogens (tertiary/aromatic N) is 5. The fraction of sp³-hybridized carbons (Fsp3) is 0.235. The van der Waals surface area contributed by atoms with Gasteiger partial charge in [-0.25, -0.2) is 0 Å². The van der Waals surface area contributed by atoms with Crippen molar-refractivity contribution in [3.05, 3.63) is 48.4 Å². The highest BCUT2D eigenvalue weighted by atomic mass is 16.5. The van der Waals surface area contributed by atoms with Crippen molar-refractivity contribution in [1.82, 2.24) is 30.3 Å². The maximum absolute atomic E-state index is 12.2. The standard InChI is InChI=1S/C17H20N8O2/c1-25-11-13(17(24-25)27-2)16(26)20-10-9-19-14-3-4-15(23-22-14)21-12-5-7-18-8-6-12/h3-8,11H,9-10H2,1-2H3,(H,19,22)(H,20,26)(H,18,21,23). The molecule has 10 nitrogen and oxygen atoms in total. The first kappa shape index (κ1) is 18.1. The molecule has 0 atom stereocenters. The zero-order valence-corrected chi connectivity index (χ0v) is 15.0. The summed E-state index contributed by atoms with van der Waals surface area (Å²) in [5.41, 5.74) is 1.28. The molecule has 0 aliphatic rings. The van der Waals surface area contributed by atoms with E-state index >= 15 is 0 Å². The normalized spacial score (nSPS) is 10.3. The molecule has 0 spiro atoms. The van der Waals surface area contributed by atoms with Gasteiger partial charge in [0.2, 0.25) is 5.88 Å². The monoisotopic (exact) mass is 368 g/mol. The highest BCUT2D eigenvalue weighted by Crippen LogP contribution is 2.14. The summed E-state index contributed by atoms with van der Waals surface area (Å²) in [5, 5.41) is 21.3. The van der Waals surface area contributed by atoms with Crippen molar-refractivity contribution in [1.29, 1.82) is 0 Å². The van der Waals surface area contributed by atoms with Crippen LogP contribution in [0.5, 0.6) is 5.88 Å². The van der Waals surface area contributed by atoms with Gasteiger partial charge in [0, 0.05) is 44.4 Å². The lowest BCUT2D eigenvalue weighted by atomic mass is 10.3. The highest BCUT2D eigenvalue weighted by Gasteiger charge is 2.15. The molecule has 140 valence electrons. The topological polar surface area (TPSA) is 119 Å². The van der Waals surface area contributed by atoms with Crippen molar-refractivity contribution in [2.75, 3.05) is 30.8 Å². The number of nitrogens with one attached hydrogen (secondary N) is 3. The minimum Gasteiger partial charge on any atom is -0.479 e. The lowest BCUT2D eigenvalue weighted by molar-refractivity contribution is 0.0952. The van der Waals surface area contributed by atoms with Gasteiger partial charge in [-0.1, -0.05) is 0 Å². The first-order chi connectivity index (χ1) is 13.2. The number of pyridine rings is 1. The summed E-state index contributed by atoms with van der Waals surface area (Å²) in [7, 11) is 3.21. The van der Waals surface area contributed by atoms with Crippen LogP contribution in [-0.2, 0) is 7.05 Å². The number of aryl methyl sites for hydroxylation is 1. The van der Waals surface area contributed by atoms with Crippen LogP contribution >= 0.6 is 0 Å². The molecular formula is C17H20N8O2. The second-order valence-corrected chi connectivity index (χ2v) is 5.57. The van der Waals surface area contributed by atoms with Crippen LogP contribution in [0.1, 0.15) is 10.4 Å². The Kier molecular flexibility index (Phi) is 5.77. The summed E-state index contributed by atoms with van der Waals surface area (Å²) < 4.78 is 6.61. The van der Waals surface area contributed by atoms with Crippen LogP contribution in [0.3, 0.4) is 0 Å². The number of carbonyl (C=O) groups excluding carboxylic acids is 1. The van der Waals surface area contributed by atoms with E-state index in [0.29, 0.717) is 36.2 Å². The van der Waals surface area contributed by atoms with Crippen LogP contribution in [0.25, 0.3) is 0 Å². The Labute approximate surface area is 156 Å². The lowest BCUT2D eigenvalue weighted by Gasteiger charge is -2.08. The molecule has 27 heavy (non-hydrogen) atoms. The number of hydrogen-bond acceptors (Lipinski definition) is 8. The average Bonchev–Trinajstić information content (AvgIpc) is 3.08. The summed E-state index contributed by atoms with van der Waals surface area (Å²) >= 11 is 0. The minimum atomic E-state index is -0.246. The lowest BCUT2D eigenvalue weighted by Crippen LogP contribution is -2.29. The predicted octanol–water partition coefficient (Wildman–Crippen LogP) is 1.20. The minimum absolute atomic E-state index is 0.246. The molecule has 0 saturated heterocycles. The molecule has 10 heteroatoms. The van der Waals surface area contributed by atoms with Crippen LogP contribution < -0.4 is 20.7 Å². The number of amides is 1. The van der Waals surface area contributed by atoms with E-state index in [-0.39, 0.29) is 5.91 Å². The molecule has 0 fully saturated rings.